The van der Waals surface area contributed by atoms with Crippen molar-refractivity contribution >= 4 is 44.6 Å². The molecule has 1 amide bonds. The topological polar surface area (TPSA) is 119 Å². The molecule has 1 N–H and O–H groups in total. The Bertz CT molecular complexity index is 1300. The summed E-state index contributed by atoms with van der Waals surface area (Å²) in [5.41, 5.74) is 1.77. The summed E-state index contributed by atoms with van der Waals surface area (Å²) >= 11 is 5.90. The lowest BCUT2D eigenvalue weighted by molar-refractivity contribution is -0.385. The standard InChI is InChI=1S/C23H22ClN3O6S/c1-16-21(4-3-5-22(16)27(29)30)25-23(28)15-33-20-12-10-19(11-13-20)26(34(2,31)32)14-17-6-8-18(24)9-7-17/h3-13H,14-15H2,1-2H3,(H,25,28). The molecule has 0 atom stereocenters. The molecule has 0 aliphatic rings. The Balaban J connectivity index is 1.65. The quantitative estimate of drug-likeness (QED) is 0.338. The molecule has 3 rings (SSSR count). The Kier molecular flexibility index (Phi) is 7.75. The molecule has 0 saturated heterocycles. The Morgan fingerprint density at radius 2 is 1.74 bits per heavy atom. The molecule has 0 radical (unpaired) electrons. The minimum absolute atomic E-state index is 0.0941. The van der Waals surface area contributed by atoms with Gasteiger partial charge in [0, 0.05) is 11.1 Å². The van der Waals surface area contributed by atoms with Crippen molar-refractivity contribution in [3.05, 3.63) is 93.0 Å². The number of rotatable bonds is 9. The van der Waals surface area contributed by atoms with Crippen molar-refractivity contribution in [2.45, 2.75) is 13.5 Å². The summed E-state index contributed by atoms with van der Waals surface area (Å²) in [7, 11) is -3.57. The number of hydrogen-bond donors (Lipinski definition) is 1. The van der Waals surface area contributed by atoms with Gasteiger partial charge in [-0.15, -0.1) is 0 Å². The number of nitro groups is 1. The predicted molar refractivity (Wildman–Crippen MR) is 131 cm³/mol. The highest BCUT2D eigenvalue weighted by Crippen LogP contribution is 2.26. The summed E-state index contributed by atoms with van der Waals surface area (Å²) in [6.07, 6.45) is 1.12. The van der Waals surface area contributed by atoms with Crippen LogP contribution in [0.15, 0.2) is 66.7 Å². The Morgan fingerprint density at radius 1 is 1.09 bits per heavy atom. The first-order chi connectivity index (χ1) is 16.0. The zero-order chi connectivity index (χ0) is 24.9. The smallest absolute Gasteiger partial charge is 0.274 e. The molecule has 3 aromatic rings. The number of nitrogens with one attached hydrogen (secondary N) is 1. The molecule has 0 unspecified atom stereocenters. The van der Waals surface area contributed by atoms with E-state index in [4.69, 9.17) is 16.3 Å². The average Bonchev–Trinajstić information content (AvgIpc) is 2.78. The van der Waals surface area contributed by atoms with Gasteiger partial charge in [0.1, 0.15) is 5.75 Å². The van der Waals surface area contributed by atoms with E-state index in [0.717, 1.165) is 11.8 Å². The van der Waals surface area contributed by atoms with Crippen LogP contribution in [-0.2, 0) is 21.4 Å². The van der Waals surface area contributed by atoms with Gasteiger partial charge in [0.15, 0.2) is 6.61 Å². The number of sulfonamides is 1. The molecule has 11 heteroatoms. The maximum atomic E-state index is 12.3. The van der Waals surface area contributed by atoms with Crippen molar-refractivity contribution in [3.8, 4) is 5.75 Å². The molecule has 0 saturated carbocycles. The van der Waals surface area contributed by atoms with E-state index in [1.165, 1.54) is 16.4 Å². The number of halogens is 1. The normalized spacial score (nSPS) is 11.0. The van der Waals surface area contributed by atoms with Gasteiger partial charge < -0.3 is 10.1 Å². The number of benzene rings is 3. The SMILES string of the molecule is Cc1c(NC(=O)COc2ccc(N(Cc3ccc(Cl)cc3)S(C)(=O)=O)cc2)cccc1[N+](=O)[O-]. The molecular weight excluding hydrogens is 482 g/mol. The molecule has 9 nitrogen and oxygen atoms in total. The molecule has 178 valence electrons. The number of carbonyl (C=O) groups excluding carboxylic acids is 1. The third kappa shape index (κ3) is 6.46. The Morgan fingerprint density at radius 3 is 2.32 bits per heavy atom. The monoisotopic (exact) mass is 503 g/mol. The van der Waals surface area contributed by atoms with Crippen molar-refractivity contribution < 1.29 is 22.9 Å². The number of ether oxygens (including phenoxy) is 1. The molecule has 0 aliphatic carbocycles. The van der Waals surface area contributed by atoms with E-state index < -0.39 is 20.9 Å². The van der Waals surface area contributed by atoms with Crippen LogP contribution in [0.1, 0.15) is 11.1 Å². The third-order valence-electron chi connectivity index (χ3n) is 4.91. The molecule has 0 bridgehead atoms. The van der Waals surface area contributed by atoms with Crippen molar-refractivity contribution in [1.29, 1.82) is 0 Å². The summed E-state index contributed by atoms with van der Waals surface area (Å²) in [5.74, 6) is -0.136. The van der Waals surface area contributed by atoms with Crippen LogP contribution in [0, 0.1) is 17.0 Å². The molecule has 34 heavy (non-hydrogen) atoms. The van der Waals surface area contributed by atoms with Crippen molar-refractivity contribution in [1.82, 2.24) is 0 Å². The average molecular weight is 504 g/mol. The summed E-state index contributed by atoms with van der Waals surface area (Å²) in [4.78, 5) is 22.8. The van der Waals surface area contributed by atoms with Gasteiger partial charge in [0.2, 0.25) is 10.0 Å². The number of anilines is 2. The second kappa shape index (κ2) is 10.5. The molecule has 3 aromatic carbocycles. The Hall–Kier alpha value is -3.63. The lowest BCUT2D eigenvalue weighted by Crippen LogP contribution is -2.29. The fourth-order valence-corrected chi connectivity index (χ4v) is 4.17. The number of hydrogen-bond acceptors (Lipinski definition) is 6. The van der Waals surface area contributed by atoms with Crippen molar-refractivity contribution in [2.75, 3.05) is 22.5 Å². The van der Waals surface area contributed by atoms with Gasteiger partial charge in [0.25, 0.3) is 11.6 Å². The maximum Gasteiger partial charge on any atom is 0.274 e. The summed E-state index contributed by atoms with van der Waals surface area (Å²) in [6.45, 7) is 1.34. The first-order valence-electron chi connectivity index (χ1n) is 10.0. The Labute approximate surface area is 202 Å². The van der Waals surface area contributed by atoms with Crippen LogP contribution in [0.2, 0.25) is 5.02 Å². The van der Waals surface area contributed by atoms with Gasteiger partial charge in [-0.25, -0.2) is 8.42 Å². The lowest BCUT2D eigenvalue weighted by Gasteiger charge is -2.23. The van der Waals surface area contributed by atoms with E-state index in [1.54, 1.807) is 61.5 Å². The summed E-state index contributed by atoms with van der Waals surface area (Å²) in [6, 6.07) is 17.6. The first-order valence-corrected chi connectivity index (χ1v) is 12.3. The maximum absolute atomic E-state index is 12.3. The molecule has 0 fully saturated rings. The van der Waals surface area contributed by atoms with E-state index in [0.29, 0.717) is 27.7 Å². The van der Waals surface area contributed by atoms with Crippen LogP contribution < -0.4 is 14.4 Å². The molecule has 0 heterocycles. The fourth-order valence-electron chi connectivity index (χ4n) is 3.16. The van der Waals surface area contributed by atoms with Gasteiger partial charge in [0.05, 0.1) is 34.7 Å². The second-order valence-electron chi connectivity index (χ2n) is 7.43. The molecule has 0 aromatic heterocycles. The predicted octanol–water partition coefficient (Wildman–Crippen LogP) is 4.54. The summed E-state index contributed by atoms with van der Waals surface area (Å²) in [5, 5.41) is 14.2. The fraction of sp³-hybridized carbons (Fsp3) is 0.174. The molecular formula is C23H22ClN3O6S. The molecule has 0 aliphatic heterocycles. The first kappa shape index (κ1) is 25.0. The van der Waals surface area contributed by atoms with Crippen molar-refractivity contribution in [2.24, 2.45) is 0 Å². The largest absolute Gasteiger partial charge is 0.484 e. The van der Waals surface area contributed by atoms with Crippen LogP contribution in [0.4, 0.5) is 17.1 Å². The number of carbonyl (C=O) groups is 1. The highest BCUT2D eigenvalue weighted by atomic mass is 35.5. The highest BCUT2D eigenvalue weighted by Gasteiger charge is 2.18. The number of amides is 1. The third-order valence-corrected chi connectivity index (χ3v) is 6.30. The molecule has 0 spiro atoms. The number of nitrogens with zero attached hydrogens (tertiary/aromatic N) is 2. The second-order valence-corrected chi connectivity index (χ2v) is 9.78. The van der Waals surface area contributed by atoms with Crippen LogP contribution in [-0.4, -0.2) is 32.1 Å². The van der Waals surface area contributed by atoms with E-state index in [1.807, 2.05) is 0 Å². The van der Waals surface area contributed by atoms with Crippen LogP contribution in [0.3, 0.4) is 0 Å². The minimum atomic E-state index is -3.57. The zero-order valence-corrected chi connectivity index (χ0v) is 20.0. The zero-order valence-electron chi connectivity index (χ0n) is 18.4. The van der Waals surface area contributed by atoms with Gasteiger partial charge in [-0.1, -0.05) is 29.8 Å². The van der Waals surface area contributed by atoms with Gasteiger partial charge in [-0.05, 0) is 55.0 Å². The van der Waals surface area contributed by atoms with E-state index in [9.17, 15) is 23.3 Å². The lowest BCUT2D eigenvalue weighted by atomic mass is 10.1. The van der Waals surface area contributed by atoms with E-state index in [2.05, 4.69) is 5.32 Å². The summed E-state index contributed by atoms with van der Waals surface area (Å²) < 4.78 is 31.4. The van der Waals surface area contributed by atoms with Gasteiger partial charge in [-0.3, -0.25) is 19.2 Å². The van der Waals surface area contributed by atoms with Crippen LogP contribution in [0.25, 0.3) is 0 Å². The van der Waals surface area contributed by atoms with Crippen molar-refractivity contribution in [3.63, 3.8) is 0 Å². The van der Waals surface area contributed by atoms with Gasteiger partial charge in [-0.2, -0.15) is 0 Å². The minimum Gasteiger partial charge on any atom is -0.484 e. The van der Waals surface area contributed by atoms with E-state index >= 15 is 0 Å². The van der Waals surface area contributed by atoms with Gasteiger partial charge >= 0.3 is 0 Å². The number of nitro benzene ring substituents is 1. The van der Waals surface area contributed by atoms with Crippen LogP contribution in [0.5, 0.6) is 5.75 Å². The highest BCUT2D eigenvalue weighted by molar-refractivity contribution is 7.92. The van der Waals surface area contributed by atoms with E-state index in [-0.39, 0.29) is 18.8 Å². The van der Waals surface area contributed by atoms with Crippen LogP contribution >= 0.6 is 11.6 Å².